The van der Waals surface area contributed by atoms with E-state index in [0.29, 0.717) is 0 Å². The zero-order valence-electron chi connectivity index (χ0n) is 18.3. The van der Waals surface area contributed by atoms with Crippen LogP contribution in [0.2, 0.25) is 0 Å². The highest BCUT2D eigenvalue weighted by molar-refractivity contribution is 6.05. The molecule has 0 saturated heterocycles. The molecule has 34 heavy (non-hydrogen) atoms. The van der Waals surface area contributed by atoms with Gasteiger partial charge < -0.3 is 0 Å². The molecule has 0 amide bonds. The second kappa shape index (κ2) is 10.1. The van der Waals surface area contributed by atoms with Crippen LogP contribution >= 0.6 is 0 Å². The van der Waals surface area contributed by atoms with Crippen molar-refractivity contribution in [1.82, 2.24) is 0 Å². The summed E-state index contributed by atoms with van der Waals surface area (Å²) in [5.41, 5.74) is 7.87. The predicted molar refractivity (Wildman–Crippen MR) is 122 cm³/mol. The molecule has 170 valence electrons. The SMILES string of the molecule is Cc1ccc2[o+]c(-c3ccccc3)c(-c3ccccc3)c(-c3ccccc3)c2c1.[O-][Cl+3]([O-])([O-])[O-]. The average molecular weight is 473 g/mol. The smallest absolute Gasteiger partial charge is 0.222 e. The first kappa shape index (κ1) is 23.6. The zero-order chi connectivity index (χ0) is 24.1. The monoisotopic (exact) mass is 472 g/mol. The van der Waals surface area contributed by atoms with E-state index in [0.717, 1.165) is 33.4 Å². The van der Waals surface area contributed by atoms with Crippen molar-refractivity contribution in [2.45, 2.75) is 6.92 Å². The lowest BCUT2D eigenvalue weighted by molar-refractivity contribution is -2.00. The molecule has 0 fully saturated rings. The van der Waals surface area contributed by atoms with Crippen molar-refractivity contribution in [1.29, 1.82) is 0 Å². The fourth-order valence-corrected chi connectivity index (χ4v) is 3.92. The number of halogens is 1. The van der Waals surface area contributed by atoms with Crippen molar-refractivity contribution >= 4 is 11.0 Å². The zero-order valence-corrected chi connectivity index (χ0v) is 19.1. The van der Waals surface area contributed by atoms with Crippen LogP contribution in [0, 0.1) is 17.2 Å². The van der Waals surface area contributed by atoms with Gasteiger partial charge in [-0.1, -0.05) is 78.9 Å². The minimum atomic E-state index is -4.94. The average Bonchev–Trinajstić information content (AvgIpc) is 2.83. The molecule has 0 aliphatic rings. The highest BCUT2D eigenvalue weighted by Crippen LogP contribution is 2.44. The van der Waals surface area contributed by atoms with Gasteiger partial charge in [-0.15, -0.1) is 10.2 Å². The van der Waals surface area contributed by atoms with E-state index in [1.54, 1.807) is 0 Å². The lowest BCUT2D eigenvalue weighted by atomic mass is 9.89. The lowest BCUT2D eigenvalue weighted by Gasteiger charge is -2.17. The second-order valence-electron chi connectivity index (χ2n) is 7.66. The standard InChI is InChI=1S/C28H21O.ClHO4/c1-20-17-18-25-24(19-20)26(21-11-5-2-6-12-21)27(22-13-7-3-8-14-22)28(29-25)23-15-9-4-10-16-23;2-1(3,4)5/h2-19H,1H3;(H,2,3,4,5)/q+1;/p-1. The normalized spacial score (nSPS) is 11.1. The topological polar surface area (TPSA) is 104 Å². The van der Waals surface area contributed by atoms with Gasteiger partial charge in [-0.3, -0.25) is 0 Å². The number of fused-ring (bicyclic) bond motifs is 1. The van der Waals surface area contributed by atoms with Gasteiger partial charge in [0.2, 0.25) is 0 Å². The Hall–Kier alpha value is -3.58. The Balaban J connectivity index is 0.000000499. The summed E-state index contributed by atoms with van der Waals surface area (Å²) in [6, 6.07) is 37.9. The molecular weight excluding hydrogens is 452 g/mol. The van der Waals surface area contributed by atoms with E-state index in [-0.39, 0.29) is 0 Å². The van der Waals surface area contributed by atoms with E-state index >= 15 is 0 Å². The number of benzene rings is 4. The van der Waals surface area contributed by atoms with Gasteiger partial charge in [-0.25, -0.2) is 23.1 Å². The quantitative estimate of drug-likeness (QED) is 0.375. The van der Waals surface area contributed by atoms with E-state index < -0.39 is 10.2 Å². The van der Waals surface area contributed by atoms with Crippen LogP contribution < -0.4 is 18.6 Å². The summed E-state index contributed by atoms with van der Waals surface area (Å²) in [6.07, 6.45) is 0. The van der Waals surface area contributed by atoms with Crippen molar-refractivity contribution < 1.29 is 33.3 Å². The second-order valence-corrected chi connectivity index (χ2v) is 8.41. The van der Waals surface area contributed by atoms with Gasteiger partial charge in [-0.2, -0.15) is 0 Å². The van der Waals surface area contributed by atoms with Crippen LogP contribution in [0.4, 0.5) is 0 Å². The Labute approximate surface area is 199 Å². The molecule has 0 spiro atoms. The van der Waals surface area contributed by atoms with Crippen LogP contribution in [0.25, 0.3) is 44.5 Å². The number of hydrogen-bond donors (Lipinski definition) is 0. The van der Waals surface area contributed by atoms with Crippen molar-refractivity contribution in [3.8, 4) is 33.6 Å². The van der Waals surface area contributed by atoms with Gasteiger partial charge in [-0.05, 0) is 47.9 Å². The van der Waals surface area contributed by atoms with Crippen LogP contribution in [0.15, 0.2) is 114 Å². The van der Waals surface area contributed by atoms with Gasteiger partial charge in [0, 0.05) is 11.6 Å². The van der Waals surface area contributed by atoms with Gasteiger partial charge in [0.05, 0.1) is 16.5 Å². The Morgan fingerprint density at radius 2 is 1.00 bits per heavy atom. The largest absolute Gasteiger partial charge is 0.369 e. The molecule has 1 aromatic heterocycles. The van der Waals surface area contributed by atoms with Crippen molar-refractivity contribution in [2.24, 2.45) is 0 Å². The third-order valence-electron chi connectivity index (χ3n) is 5.25. The Morgan fingerprint density at radius 1 is 0.559 bits per heavy atom. The Kier molecular flexibility index (Phi) is 7.03. The highest BCUT2D eigenvalue weighted by atomic mass is 35.7. The summed E-state index contributed by atoms with van der Waals surface area (Å²) >= 11 is 0. The Morgan fingerprint density at radius 3 is 1.50 bits per heavy atom. The molecule has 0 saturated carbocycles. The van der Waals surface area contributed by atoms with E-state index in [4.69, 9.17) is 23.1 Å². The van der Waals surface area contributed by atoms with Crippen LogP contribution in [0.5, 0.6) is 0 Å². The number of aryl methyl sites for hydroxylation is 1. The molecule has 0 N–H and O–H groups in total. The molecule has 0 radical (unpaired) electrons. The predicted octanol–water partition coefficient (Wildman–Crippen LogP) is 3.27. The fourth-order valence-electron chi connectivity index (χ4n) is 3.92. The van der Waals surface area contributed by atoms with Crippen LogP contribution in [0.1, 0.15) is 5.56 Å². The molecule has 5 rings (SSSR count). The molecule has 5 nitrogen and oxygen atoms in total. The van der Waals surface area contributed by atoms with E-state index in [9.17, 15) is 0 Å². The van der Waals surface area contributed by atoms with Gasteiger partial charge >= 0.3 is 11.3 Å². The van der Waals surface area contributed by atoms with Gasteiger partial charge in [0.1, 0.15) is 0 Å². The third kappa shape index (κ3) is 5.66. The first-order valence-electron chi connectivity index (χ1n) is 10.5. The molecule has 4 aromatic carbocycles. The first-order chi connectivity index (χ1) is 16.3. The maximum Gasteiger partial charge on any atom is 0.369 e. The van der Waals surface area contributed by atoms with Crippen LogP contribution in [-0.4, -0.2) is 0 Å². The van der Waals surface area contributed by atoms with E-state index in [1.807, 2.05) is 6.07 Å². The highest BCUT2D eigenvalue weighted by Gasteiger charge is 2.28. The fraction of sp³-hybridized carbons (Fsp3) is 0.0357. The number of hydrogen-bond acceptors (Lipinski definition) is 4. The molecular formula is C28H21ClO5. The Bertz CT molecular complexity index is 1380. The summed E-state index contributed by atoms with van der Waals surface area (Å²) in [4.78, 5) is 0. The first-order valence-corrected chi connectivity index (χ1v) is 11.7. The van der Waals surface area contributed by atoms with Crippen molar-refractivity contribution in [3.05, 3.63) is 115 Å². The van der Waals surface area contributed by atoms with E-state index in [2.05, 4.69) is 110 Å². The third-order valence-corrected chi connectivity index (χ3v) is 5.25. The van der Waals surface area contributed by atoms with Crippen LogP contribution in [0.3, 0.4) is 0 Å². The maximum atomic E-state index is 8.49. The van der Waals surface area contributed by atoms with Gasteiger partial charge in [0.25, 0.3) is 0 Å². The van der Waals surface area contributed by atoms with E-state index in [1.165, 1.54) is 16.7 Å². The summed E-state index contributed by atoms with van der Waals surface area (Å²) in [5.74, 6) is 0.895. The summed E-state index contributed by atoms with van der Waals surface area (Å²) < 4.78 is 40.5. The van der Waals surface area contributed by atoms with Crippen LogP contribution in [-0.2, 0) is 0 Å². The molecule has 6 heteroatoms. The summed E-state index contributed by atoms with van der Waals surface area (Å²) in [6.45, 7) is 2.13. The molecule has 0 unspecified atom stereocenters. The van der Waals surface area contributed by atoms with Crippen molar-refractivity contribution in [2.75, 3.05) is 0 Å². The summed E-state index contributed by atoms with van der Waals surface area (Å²) in [7, 11) is -4.94. The summed E-state index contributed by atoms with van der Waals surface area (Å²) in [5, 5.41) is 1.13. The van der Waals surface area contributed by atoms with Crippen molar-refractivity contribution in [3.63, 3.8) is 0 Å². The number of rotatable bonds is 3. The lowest BCUT2D eigenvalue weighted by Crippen LogP contribution is -2.68. The minimum absolute atomic E-state index is 0.895. The molecule has 1 heterocycles. The molecule has 0 atom stereocenters. The molecule has 5 aromatic rings. The maximum absolute atomic E-state index is 8.49. The molecule has 0 bridgehead atoms. The molecule has 0 aliphatic heterocycles. The van der Waals surface area contributed by atoms with Gasteiger partial charge in [0.15, 0.2) is 0 Å². The minimum Gasteiger partial charge on any atom is -0.222 e. The molecule has 0 aliphatic carbocycles.